The largest absolute Gasteiger partial charge is 0.478 e. The van der Waals surface area contributed by atoms with Gasteiger partial charge in [-0.05, 0) is 20.8 Å². The van der Waals surface area contributed by atoms with Crippen LogP contribution in [-0.2, 0) is 9.59 Å². The van der Waals surface area contributed by atoms with Crippen molar-refractivity contribution in [3.63, 3.8) is 0 Å². The highest BCUT2D eigenvalue weighted by molar-refractivity contribution is 5.85. The molecule has 74 valence electrons. The molecule has 0 aromatic rings. The zero-order valence-electron chi connectivity index (χ0n) is 7.94. The molecule has 0 aliphatic carbocycles. The van der Waals surface area contributed by atoms with Crippen molar-refractivity contribution in [2.75, 3.05) is 0 Å². The SMILES string of the molecule is C/C=C(\C)C(=O)O.C/C=C/C(=O)O. The number of rotatable bonds is 2. The van der Waals surface area contributed by atoms with Gasteiger partial charge in [0.25, 0.3) is 0 Å². The summed E-state index contributed by atoms with van der Waals surface area (Å²) in [5, 5.41) is 15.9. The third-order valence-corrected chi connectivity index (χ3v) is 1.08. The maximum absolute atomic E-state index is 9.86. The second-order valence-electron chi connectivity index (χ2n) is 2.12. The van der Waals surface area contributed by atoms with Crippen LogP contribution in [0.2, 0.25) is 0 Å². The minimum Gasteiger partial charge on any atom is -0.478 e. The molecule has 0 aromatic carbocycles. The quantitative estimate of drug-likeness (QED) is 0.643. The van der Waals surface area contributed by atoms with Gasteiger partial charge in [0.2, 0.25) is 0 Å². The molecular weight excluding hydrogens is 172 g/mol. The Kier molecular flexibility index (Phi) is 9.15. The van der Waals surface area contributed by atoms with Crippen molar-refractivity contribution in [2.24, 2.45) is 0 Å². The van der Waals surface area contributed by atoms with Crippen LogP contribution in [0.15, 0.2) is 23.8 Å². The predicted molar refractivity (Wildman–Crippen MR) is 49.5 cm³/mol. The average molecular weight is 186 g/mol. The summed E-state index contributed by atoms with van der Waals surface area (Å²) in [4.78, 5) is 19.4. The molecule has 0 aliphatic heterocycles. The average Bonchev–Trinajstić information content (AvgIpc) is 2.03. The Hall–Kier alpha value is -1.58. The van der Waals surface area contributed by atoms with Crippen molar-refractivity contribution < 1.29 is 19.8 Å². The van der Waals surface area contributed by atoms with Gasteiger partial charge in [-0.25, -0.2) is 9.59 Å². The lowest BCUT2D eigenvalue weighted by Crippen LogP contribution is -1.93. The first-order valence-corrected chi connectivity index (χ1v) is 3.67. The molecule has 0 fully saturated rings. The second-order valence-corrected chi connectivity index (χ2v) is 2.12. The summed E-state index contributed by atoms with van der Waals surface area (Å²) >= 11 is 0. The zero-order chi connectivity index (χ0) is 10.9. The van der Waals surface area contributed by atoms with E-state index in [0.717, 1.165) is 6.08 Å². The highest BCUT2D eigenvalue weighted by Gasteiger charge is 1.93. The van der Waals surface area contributed by atoms with Crippen LogP contribution in [0, 0.1) is 0 Å². The van der Waals surface area contributed by atoms with Crippen LogP contribution in [0.4, 0.5) is 0 Å². The summed E-state index contributed by atoms with van der Waals surface area (Å²) in [6, 6.07) is 0. The molecule has 0 spiro atoms. The van der Waals surface area contributed by atoms with E-state index in [1.54, 1.807) is 26.8 Å². The number of carboxylic acids is 2. The Balaban J connectivity index is 0. The van der Waals surface area contributed by atoms with Crippen molar-refractivity contribution in [1.29, 1.82) is 0 Å². The van der Waals surface area contributed by atoms with E-state index in [0.29, 0.717) is 5.57 Å². The Bertz CT molecular complexity index is 226. The third-order valence-electron chi connectivity index (χ3n) is 1.08. The van der Waals surface area contributed by atoms with E-state index in [2.05, 4.69) is 0 Å². The first-order chi connectivity index (χ1) is 5.95. The summed E-state index contributed by atoms with van der Waals surface area (Å²) in [5.41, 5.74) is 0.389. The van der Waals surface area contributed by atoms with Gasteiger partial charge < -0.3 is 10.2 Å². The van der Waals surface area contributed by atoms with Crippen molar-refractivity contribution in [3.05, 3.63) is 23.8 Å². The molecule has 0 radical (unpaired) electrons. The predicted octanol–water partition coefficient (Wildman–Crippen LogP) is 1.68. The first-order valence-electron chi connectivity index (χ1n) is 3.67. The van der Waals surface area contributed by atoms with Crippen LogP contribution in [0.5, 0.6) is 0 Å². The minimum atomic E-state index is -0.891. The topological polar surface area (TPSA) is 74.6 Å². The van der Waals surface area contributed by atoms with Crippen LogP contribution >= 0.6 is 0 Å². The van der Waals surface area contributed by atoms with E-state index in [4.69, 9.17) is 10.2 Å². The molecule has 0 heterocycles. The number of carbonyl (C=O) groups is 2. The molecule has 4 heteroatoms. The Morgan fingerprint density at radius 2 is 1.62 bits per heavy atom. The molecule has 0 aliphatic rings. The fourth-order valence-corrected chi connectivity index (χ4v) is 0.266. The lowest BCUT2D eigenvalue weighted by molar-refractivity contribution is -0.133. The lowest BCUT2D eigenvalue weighted by atomic mass is 10.3. The molecular formula is C9H14O4. The smallest absolute Gasteiger partial charge is 0.330 e. The molecule has 2 N–H and O–H groups in total. The maximum atomic E-state index is 9.86. The van der Waals surface area contributed by atoms with Gasteiger partial charge in [-0.15, -0.1) is 0 Å². The van der Waals surface area contributed by atoms with Crippen LogP contribution in [0.1, 0.15) is 20.8 Å². The van der Waals surface area contributed by atoms with Gasteiger partial charge in [-0.1, -0.05) is 12.2 Å². The maximum Gasteiger partial charge on any atom is 0.330 e. The van der Waals surface area contributed by atoms with E-state index < -0.39 is 11.9 Å². The summed E-state index contributed by atoms with van der Waals surface area (Å²) in [7, 11) is 0. The molecule has 0 aromatic heterocycles. The van der Waals surface area contributed by atoms with Crippen molar-refractivity contribution in [3.8, 4) is 0 Å². The van der Waals surface area contributed by atoms with Gasteiger partial charge >= 0.3 is 11.9 Å². The summed E-state index contributed by atoms with van der Waals surface area (Å²) in [5.74, 6) is -1.74. The highest BCUT2D eigenvalue weighted by atomic mass is 16.4. The number of hydrogen-bond donors (Lipinski definition) is 2. The fourth-order valence-electron chi connectivity index (χ4n) is 0.266. The Morgan fingerprint density at radius 1 is 1.15 bits per heavy atom. The number of aliphatic carboxylic acids is 2. The van der Waals surface area contributed by atoms with Gasteiger partial charge in [0.05, 0.1) is 0 Å². The van der Waals surface area contributed by atoms with E-state index in [1.165, 1.54) is 6.08 Å². The number of allylic oxidation sites excluding steroid dienone is 2. The van der Waals surface area contributed by atoms with E-state index >= 15 is 0 Å². The molecule has 0 rings (SSSR count). The molecule has 0 unspecified atom stereocenters. The van der Waals surface area contributed by atoms with Crippen molar-refractivity contribution in [1.82, 2.24) is 0 Å². The van der Waals surface area contributed by atoms with E-state index in [9.17, 15) is 9.59 Å². The van der Waals surface area contributed by atoms with Gasteiger partial charge in [-0.3, -0.25) is 0 Å². The minimum absolute atomic E-state index is 0.389. The fraction of sp³-hybridized carbons (Fsp3) is 0.333. The standard InChI is InChI=1S/C5H8O2.C4H6O2/c1-3-4(2)5(6)7;1-2-3-4(5)6/h3H,1-2H3,(H,6,7);2-3H,1H3,(H,5,6)/b4-3+;3-2+. The molecule has 0 amide bonds. The van der Waals surface area contributed by atoms with Gasteiger partial charge in [0.1, 0.15) is 0 Å². The van der Waals surface area contributed by atoms with Crippen LogP contribution in [0.25, 0.3) is 0 Å². The third kappa shape index (κ3) is 13.4. The van der Waals surface area contributed by atoms with Gasteiger partial charge in [0.15, 0.2) is 0 Å². The van der Waals surface area contributed by atoms with Gasteiger partial charge in [-0.2, -0.15) is 0 Å². The highest BCUT2D eigenvalue weighted by Crippen LogP contribution is 1.87. The van der Waals surface area contributed by atoms with Crippen LogP contribution in [-0.4, -0.2) is 22.2 Å². The summed E-state index contributed by atoms with van der Waals surface area (Å²) in [6.07, 6.45) is 4.12. The van der Waals surface area contributed by atoms with Gasteiger partial charge in [0, 0.05) is 11.6 Å². The summed E-state index contributed by atoms with van der Waals surface area (Å²) in [6.45, 7) is 4.92. The van der Waals surface area contributed by atoms with Crippen molar-refractivity contribution >= 4 is 11.9 Å². The molecule has 13 heavy (non-hydrogen) atoms. The molecule has 0 saturated carbocycles. The zero-order valence-corrected chi connectivity index (χ0v) is 7.94. The first kappa shape index (κ1) is 14.0. The van der Waals surface area contributed by atoms with Crippen LogP contribution < -0.4 is 0 Å². The van der Waals surface area contributed by atoms with E-state index in [-0.39, 0.29) is 0 Å². The second kappa shape index (κ2) is 8.52. The Morgan fingerprint density at radius 3 is 1.62 bits per heavy atom. The monoisotopic (exact) mass is 186 g/mol. The van der Waals surface area contributed by atoms with E-state index in [1.807, 2.05) is 0 Å². The number of carboxylic acid groups (broad SMARTS) is 2. The molecule has 0 saturated heterocycles. The molecule has 0 bridgehead atoms. The Labute approximate surface area is 77.2 Å². The normalized spacial score (nSPS) is 10.5. The lowest BCUT2D eigenvalue weighted by Gasteiger charge is -1.84. The van der Waals surface area contributed by atoms with Crippen molar-refractivity contribution in [2.45, 2.75) is 20.8 Å². The molecule has 4 nitrogen and oxygen atoms in total. The number of hydrogen-bond acceptors (Lipinski definition) is 2. The summed E-state index contributed by atoms with van der Waals surface area (Å²) < 4.78 is 0. The van der Waals surface area contributed by atoms with Crippen LogP contribution in [0.3, 0.4) is 0 Å². The molecule has 0 atom stereocenters.